The number of piperidine rings is 1. The summed E-state index contributed by atoms with van der Waals surface area (Å²) >= 11 is 0. The number of hydrogen-bond donors (Lipinski definition) is 0. The van der Waals surface area contributed by atoms with Gasteiger partial charge in [-0.1, -0.05) is 24.6 Å². The maximum atomic E-state index is 15.2. The second-order valence-corrected chi connectivity index (χ2v) is 11.4. The third-order valence-electron chi connectivity index (χ3n) is 8.71. The van der Waals surface area contributed by atoms with E-state index >= 15 is 4.39 Å². The largest absolute Gasteiger partial charge is 0.497 e. The Morgan fingerprint density at radius 1 is 0.857 bits per heavy atom. The van der Waals surface area contributed by atoms with Crippen LogP contribution in [-0.4, -0.2) is 65.6 Å². The Balaban J connectivity index is 1.34. The Morgan fingerprint density at radius 2 is 1.64 bits per heavy atom. The van der Waals surface area contributed by atoms with Crippen LogP contribution in [0.5, 0.6) is 17.2 Å². The van der Waals surface area contributed by atoms with E-state index in [1.54, 1.807) is 33.5 Å². The van der Waals surface area contributed by atoms with Crippen LogP contribution >= 0.6 is 0 Å². The van der Waals surface area contributed by atoms with Gasteiger partial charge in [0.05, 0.1) is 20.8 Å². The van der Waals surface area contributed by atoms with E-state index in [0.717, 1.165) is 61.6 Å². The van der Waals surface area contributed by atoms with Crippen molar-refractivity contribution in [2.45, 2.75) is 51.0 Å². The Kier molecular flexibility index (Phi) is 10.6. The SMILES string of the molecule is COCCN(Cc1ccc(OCCN2CCCCC2)c(F)c1)c1cc(OC)ccc1C1CCc2cc(OC)ccc2C1. The lowest BCUT2D eigenvalue weighted by atomic mass is 9.79. The maximum absolute atomic E-state index is 15.2. The Morgan fingerprint density at radius 3 is 2.40 bits per heavy atom. The molecule has 5 rings (SSSR count). The number of halogens is 1. The molecule has 1 aliphatic heterocycles. The van der Waals surface area contributed by atoms with E-state index in [4.69, 9.17) is 18.9 Å². The highest BCUT2D eigenvalue weighted by Crippen LogP contribution is 2.40. The number of likely N-dealkylation sites (tertiary alicyclic amines) is 1. The molecule has 0 amide bonds. The number of fused-ring (bicyclic) bond motifs is 1. The number of rotatable bonds is 13. The highest BCUT2D eigenvalue weighted by Gasteiger charge is 2.25. The number of aryl methyl sites for hydroxylation is 1. The van der Waals surface area contributed by atoms with E-state index in [9.17, 15) is 0 Å². The fraction of sp³-hybridized carbons (Fsp3) is 0.486. The highest BCUT2D eigenvalue weighted by atomic mass is 19.1. The summed E-state index contributed by atoms with van der Waals surface area (Å²) in [6.07, 6.45) is 6.80. The van der Waals surface area contributed by atoms with E-state index in [2.05, 4.69) is 40.1 Å². The molecule has 1 unspecified atom stereocenters. The van der Waals surface area contributed by atoms with Crippen molar-refractivity contribution in [1.29, 1.82) is 0 Å². The van der Waals surface area contributed by atoms with E-state index in [1.807, 2.05) is 12.1 Å². The maximum Gasteiger partial charge on any atom is 0.165 e. The third kappa shape index (κ3) is 7.56. The van der Waals surface area contributed by atoms with Gasteiger partial charge in [0.25, 0.3) is 0 Å². The molecular formula is C35H45FN2O4. The van der Waals surface area contributed by atoms with E-state index < -0.39 is 0 Å². The van der Waals surface area contributed by atoms with Gasteiger partial charge in [-0.05, 0) is 104 Å². The molecule has 0 N–H and O–H groups in total. The molecule has 6 nitrogen and oxygen atoms in total. The van der Waals surface area contributed by atoms with Crippen LogP contribution in [0.2, 0.25) is 0 Å². The number of benzene rings is 3. The summed E-state index contributed by atoms with van der Waals surface area (Å²) in [6.45, 7) is 5.34. The van der Waals surface area contributed by atoms with Crippen LogP contribution < -0.4 is 19.1 Å². The molecular weight excluding hydrogens is 531 g/mol. The molecule has 7 heteroatoms. The van der Waals surface area contributed by atoms with E-state index in [-0.39, 0.29) is 5.82 Å². The number of hydrogen-bond acceptors (Lipinski definition) is 6. The topological polar surface area (TPSA) is 43.4 Å². The molecule has 3 aromatic rings. The van der Waals surface area contributed by atoms with Crippen molar-refractivity contribution in [3.63, 3.8) is 0 Å². The van der Waals surface area contributed by atoms with Gasteiger partial charge in [-0.15, -0.1) is 0 Å². The second-order valence-electron chi connectivity index (χ2n) is 11.4. The van der Waals surface area contributed by atoms with Crippen molar-refractivity contribution in [2.75, 3.05) is 65.6 Å². The molecule has 1 heterocycles. The molecule has 0 saturated carbocycles. The number of anilines is 1. The minimum absolute atomic E-state index is 0.317. The average Bonchev–Trinajstić information content (AvgIpc) is 3.03. The van der Waals surface area contributed by atoms with Gasteiger partial charge < -0.3 is 23.8 Å². The standard InChI is InChI=1S/C35H45FN2O4/c1-39-19-18-38(25-26-7-14-35(33(36)21-26)42-20-17-37-15-5-4-6-16-37)34-24-31(41-3)12-13-32(34)29-9-8-28-23-30(40-2)11-10-27(28)22-29/h7,10-14,21,23-24,29H,4-6,8-9,15-20,22,25H2,1-3H3. The summed E-state index contributed by atoms with van der Waals surface area (Å²) in [6, 6.07) is 18.1. The number of ether oxygens (including phenoxy) is 4. The minimum Gasteiger partial charge on any atom is -0.497 e. The van der Waals surface area contributed by atoms with Crippen molar-refractivity contribution in [1.82, 2.24) is 4.90 Å². The molecule has 0 aromatic heterocycles. The van der Waals surface area contributed by atoms with Gasteiger partial charge in [-0.25, -0.2) is 4.39 Å². The lowest BCUT2D eigenvalue weighted by Gasteiger charge is -2.32. The zero-order valence-corrected chi connectivity index (χ0v) is 25.4. The molecule has 42 heavy (non-hydrogen) atoms. The lowest BCUT2D eigenvalue weighted by Crippen LogP contribution is -2.33. The quantitative estimate of drug-likeness (QED) is 0.228. The van der Waals surface area contributed by atoms with Crippen LogP contribution in [0, 0.1) is 5.82 Å². The fourth-order valence-corrected chi connectivity index (χ4v) is 6.33. The first-order chi connectivity index (χ1) is 20.6. The summed E-state index contributed by atoms with van der Waals surface area (Å²) in [5.74, 6) is 2.08. The average molecular weight is 577 g/mol. The predicted octanol–water partition coefficient (Wildman–Crippen LogP) is 6.63. The zero-order chi connectivity index (χ0) is 29.3. The summed E-state index contributed by atoms with van der Waals surface area (Å²) in [7, 11) is 5.13. The Hall–Kier alpha value is -3.29. The zero-order valence-electron chi connectivity index (χ0n) is 25.4. The van der Waals surface area contributed by atoms with Crippen LogP contribution in [-0.2, 0) is 24.1 Å². The van der Waals surface area contributed by atoms with Gasteiger partial charge in [0.15, 0.2) is 11.6 Å². The normalized spacial score (nSPS) is 17.0. The first-order valence-corrected chi connectivity index (χ1v) is 15.3. The minimum atomic E-state index is -0.317. The van der Waals surface area contributed by atoms with Gasteiger partial charge in [-0.2, -0.15) is 0 Å². The van der Waals surface area contributed by atoms with Crippen LogP contribution in [0.15, 0.2) is 54.6 Å². The monoisotopic (exact) mass is 576 g/mol. The summed E-state index contributed by atoms with van der Waals surface area (Å²) < 4.78 is 37.6. The van der Waals surface area contributed by atoms with Crippen molar-refractivity contribution < 1.29 is 23.3 Å². The van der Waals surface area contributed by atoms with Gasteiger partial charge >= 0.3 is 0 Å². The molecule has 226 valence electrons. The summed E-state index contributed by atoms with van der Waals surface area (Å²) in [5.41, 5.74) is 6.02. The molecule has 0 spiro atoms. The van der Waals surface area contributed by atoms with Gasteiger partial charge in [0.1, 0.15) is 18.1 Å². The van der Waals surface area contributed by atoms with Crippen molar-refractivity contribution in [2.24, 2.45) is 0 Å². The molecule has 2 aliphatic rings. The molecule has 1 atom stereocenters. The van der Waals surface area contributed by atoms with Gasteiger partial charge in [0, 0.05) is 38.5 Å². The van der Waals surface area contributed by atoms with E-state index in [0.29, 0.717) is 38.0 Å². The van der Waals surface area contributed by atoms with Crippen LogP contribution in [0.25, 0.3) is 0 Å². The first kappa shape index (κ1) is 30.2. The van der Waals surface area contributed by atoms with Crippen LogP contribution in [0.1, 0.15) is 53.9 Å². The number of methoxy groups -OCH3 is 3. The summed E-state index contributed by atoms with van der Waals surface area (Å²) in [5, 5.41) is 0. The van der Waals surface area contributed by atoms with Crippen molar-refractivity contribution >= 4 is 5.69 Å². The molecule has 1 aliphatic carbocycles. The van der Waals surface area contributed by atoms with Crippen LogP contribution in [0.4, 0.5) is 10.1 Å². The van der Waals surface area contributed by atoms with E-state index in [1.165, 1.54) is 36.0 Å². The molecule has 1 saturated heterocycles. The van der Waals surface area contributed by atoms with Crippen LogP contribution in [0.3, 0.4) is 0 Å². The van der Waals surface area contributed by atoms with Crippen molar-refractivity contribution in [3.8, 4) is 17.2 Å². The molecule has 0 bridgehead atoms. The summed E-state index contributed by atoms with van der Waals surface area (Å²) in [4.78, 5) is 4.69. The predicted molar refractivity (Wildman–Crippen MR) is 166 cm³/mol. The molecule has 3 aromatic carbocycles. The lowest BCUT2D eigenvalue weighted by molar-refractivity contribution is 0.180. The van der Waals surface area contributed by atoms with Gasteiger partial charge in [-0.3, -0.25) is 4.90 Å². The first-order valence-electron chi connectivity index (χ1n) is 15.3. The second kappa shape index (κ2) is 14.7. The molecule has 0 radical (unpaired) electrons. The third-order valence-corrected chi connectivity index (χ3v) is 8.71. The highest BCUT2D eigenvalue weighted by molar-refractivity contribution is 5.60. The molecule has 1 fully saturated rings. The number of nitrogens with zero attached hydrogens (tertiary/aromatic N) is 2. The van der Waals surface area contributed by atoms with Crippen molar-refractivity contribution in [3.05, 3.63) is 82.7 Å². The Bertz CT molecular complexity index is 1310. The smallest absolute Gasteiger partial charge is 0.165 e. The fourth-order valence-electron chi connectivity index (χ4n) is 6.33. The van der Waals surface area contributed by atoms with Gasteiger partial charge in [0.2, 0.25) is 0 Å². The Labute approximate surface area is 250 Å².